The normalized spacial score (nSPS) is 18.4. The lowest BCUT2D eigenvalue weighted by molar-refractivity contribution is 0.262. The minimum atomic E-state index is -3.48. The van der Waals surface area contributed by atoms with Gasteiger partial charge in [0.2, 0.25) is 10.0 Å². The molecule has 1 aliphatic rings. The van der Waals surface area contributed by atoms with Gasteiger partial charge >= 0.3 is 0 Å². The summed E-state index contributed by atoms with van der Waals surface area (Å²) in [6.45, 7) is 9.70. The summed E-state index contributed by atoms with van der Waals surface area (Å²) in [7, 11) is -3.48. The number of likely N-dealkylation sites (tertiary alicyclic amines) is 1. The number of hydrogen-bond acceptors (Lipinski definition) is 3. The second-order valence-corrected chi connectivity index (χ2v) is 8.86. The molecule has 0 aliphatic carbocycles. The molecule has 0 spiro atoms. The van der Waals surface area contributed by atoms with Crippen LogP contribution in [-0.4, -0.2) is 48.4 Å². The van der Waals surface area contributed by atoms with Crippen molar-refractivity contribution >= 4 is 33.0 Å². The molecule has 25 heavy (non-hydrogen) atoms. The number of hydrogen-bond donors (Lipinski definition) is 1. The highest BCUT2D eigenvalue weighted by Crippen LogP contribution is 2.24. The van der Waals surface area contributed by atoms with Crippen molar-refractivity contribution in [2.45, 2.75) is 57.9 Å². The zero-order valence-corrected chi connectivity index (χ0v) is 17.2. The van der Waals surface area contributed by atoms with E-state index in [1.165, 1.54) is 10.7 Å². The van der Waals surface area contributed by atoms with E-state index in [4.69, 9.17) is 12.2 Å². The number of sulfonamides is 1. The first kappa shape index (κ1) is 20.1. The molecule has 0 radical (unpaired) electrons. The number of piperidine rings is 1. The van der Waals surface area contributed by atoms with Crippen LogP contribution in [0.15, 0.2) is 23.1 Å². The van der Waals surface area contributed by atoms with Crippen LogP contribution in [0.2, 0.25) is 0 Å². The van der Waals surface area contributed by atoms with Crippen LogP contribution in [0.3, 0.4) is 0 Å². The summed E-state index contributed by atoms with van der Waals surface area (Å²) in [6, 6.07) is 5.61. The minimum Gasteiger partial charge on any atom is -0.346 e. The molecule has 5 nitrogen and oxygen atoms in total. The van der Waals surface area contributed by atoms with Gasteiger partial charge in [-0.2, -0.15) is 4.31 Å². The summed E-state index contributed by atoms with van der Waals surface area (Å²) in [5, 5.41) is 3.95. The van der Waals surface area contributed by atoms with Gasteiger partial charge in [-0.25, -0.2) is 8.42 Å². The first-order valence-corrected chi connectivity index (χ1v) is 10.8. The van der Waals surface area contributed by atoms with Crippen LogP contribution < -0.4 is 5.32 Å². The third-order valence-electron chi connectivity index (χ3n) is 4.86. The summed E-state index contributed by atoms with van der Waals surface area (Å²) in [5.74, 6) is 0. The summed E-state index contributed by atoms with van der Waals surface area (Å²) in [6.07, 6.45) is 3.51. The molecule has 7 heteroatoms. The number of nitrogens with zero attached hydrogens (tertiary/aromatic N) is 2. The Kier molecular flexibility index (Phi) is 6.82. The Hall–Kier alpha value is -1.18. The molecule has 1 aromatic rings. The van der Waals surface area contributed by atoms with E-state index < -0.39 is 10.0 Å². The van der Waals surface area contributed by atoms with E-state index in [0.717, 1.165) is 30.6 Å². The molecule has 0 aromatic heterocycles. The molecule has 0 saturated carbocycles. The van der Waals surface area contributed by atoms with Crippen molar-refractivity contribution in [3.05, 3.63) is 23.8 Å². The second-order valence-electron chi connectivity index (χ2n) is 6.53. The van der Waals surface area contributed by atoms with E-state index in [0.29, 0.717) is 29.1 Å². The molecule has 1 fully saturated rings. The standard InChI is InChI=1S/C18H29N3O2S2/c1-5-20(6-2)25(22,23)16-11-10-14(3)17(13-16)19-18(24)21-12-8-7-9-15(21)4/h10-11,13,15H,5-9,12H2,1-4H3,(H,19,24). The number of nitrogens with one attached hydrogen (secondary N) is 1. The van der Waals surface area contributed by atoms with Crippen LogP contribution in [0.25, 0.3) is 0 Å². The first-order chi connectivity index (χ1) is 11.8. The van der Waals surface area contributed by atoms with Crippen molar-refractivity contribution in [3.63, 3.8) is 0 Å². The minimum absolute atomic E-state index is 0.304. The Morgan fingerprint density at radius 2 is 2.00 bits per heavy atom. The maximum atomic E-state index is 12.8. The first-order valence-electron chi connectivity index (χ1n) is 8.99. The van der Waals surface area contributed by atoms with Gasteiger partial charge < -0.3 is 10.2 Å². The smallest absolute Gasteiger partial charge is 0.243 e. The van der Waals surface area contributed by atoms with E-state index in [-0.39, 0.29) is 0 Å². The summed E-state index contributed by atoms with van der Waals surface area (Å²) in [4.78, 5) is 2.50. The van der Waals surface area contributed by atoms with E-state index in [9.17, 15) is 8.42 Å². The third kappa shape index (κ3) is 4.51. The molecule has 1 aromatic carbocycles. The summed E-state index contributed by atoms with van der Waals surface area (Å²) >= 11 is 5.58. The van der Waals surface area contributed by atoms with E-state index >= 15 is 0 Å². The Labute approximate surface area is 157 Å². The van der Waals surface area contributed by atoms with Crippen LogP contribution in [0.4, 0.5) is 5.69 Å². The van der Waals surface area contributed by atoms with Crippen LogP contribution in [0.5, 0.6) is 0 Å². The predicted molar refractivity (Wildman–Crippen MR) is 108 cm³/mol. The quantitative estimate of drug-likeness (QED) is 0.788. The molecular formula is C18H29N3O2S2. The summed E-state index contributed by atoms with van der Waals surface area (Å²) in [5.41, 5.74) is 1.74. The van der Waals surface area contributed by atoms with Crippen molar-refractivity contribution in [1.82, 2.24) is 9.21 Å². The van der Waals surface area contributed by atoms with Gasteiger partial charge in [0.1, 0.15) is 0 Å². The Morgan fingerprint density at radius 1 is 1.32 bits per heavy atom. The van der Waals surface area contributed by atoms with Crippen LogP contribution in [0, 0.1) is 6.92 Å². The molecule has 140 valence electrons. The van der Waals surface area contributed by atoms with Gasteiger partial charge in [0, 0.05) is 31.4 Å². The number of thiocarbonyl (C=S) groups is 1. The number of rotatable bonds is 5. The van der Waals surface area contributed by atoms with Gasteiger partial charge in [0.05, 0.1) is 4.90 Å². The molecule has 1 atom stereocenters. The Balaban J connectivity index is 2.26. The lowest BCUT2D eigenvalue weighted by Crippen LogP contribution is -2.44. The molecule has 1 aliphatic heterocycles. The molecule has 2 rings (SSSR count). The topological polar surface area (TPSA) is 52.7 Å². The van der Waals surface area contributed by atoms with Gasteiger partial charge in [-0.1, -0.05) is 19.9 Å². The zero-order valence-electron chi connectivity index (χ0n) is 15.6. The molecule has 1 N–H and O–H groups in total. The van der Waals surface area contributed by atoms with Crippen LogP contribution >= 0.6 is 12.2 Å². The number of benzene rings is 1. The van der Waals surface area contributed by atoms with E-state index in [1.807, 2.05) is 26.8 Å². The summed E-state index contributed by atoms with van der Waals surface area (Å²) < 4.78 is 27.0. The largest absolute Gasteiger partial charge is 0.346 e. The zero-order chi connectivity index (χ0) is 18.6. The average Bonchev–Trinajstić information content (AvgIpc) is 2.57. The highest BCUT2D eigenvalue weighted by atomic mass is 32.2. The molecule has 0 amide bonds. The fourth-order valence-corrected chi connectivity index (χ4v) is 5.06. The monoisotopic (exact) mass is 383 g/mol. The number of aryl methyl sites for hydroxylation is 1. The fraction of sp³-hybridized carbons (Fsp3) is 0.611. The van der Waals surface area contributed by atoms with Crippen molar-refractivity contribution in [1.29, 1.82) is 0 Å². The maximum Gasteiger partial charge on any atom is 0.243 e. The third-order valence-corrected chi connectivity index (χ3v) is 7.24. The van der Waals surface area contributed by atoms with Gasteiger partial charge in [-0.3, -0.25) is 0 Å². The Bertz CT molecular complexity index is 715. The van der Waals surface area contributed by atoms with Gasteiger partial charge in [0.15, 0.2) is 5.11 Å². The van der Waals surface area contributed by atoms with Gasteiger partial charge in [-0.15, -0.1) is 0 Å². The van der Waals surface area contributed by atoms with Crippen LogP contribution in [0.1, 0.15) is 45.6 Å². The van der Waals surface area contributed by atoms with Crippen molar-refractivity contribution in [2.24, 2.45) is 0 Å². The Morgan fingerprint density at radius 3 is 2.60 bits per heavy atom. The molecular weight excluding hydrogens is 354 g/mol. The van der Waals surface area contributed by atoms with E-state index in [1.54, 1.807) is 12.1 Å². The maximum absolute atomic E-state index is 12.8. The van der Waals surface area contributed by atoms with E-state index in [2.05, 4.69) is 17.1 Å². The van der Waals surface area contributed by atoms with Crippen LogP contribution in [-0.2, 0) is 10.0 Å². The van der Waals surface area contributed by atoms with Crippen molar-refractivity contribution < 1.29 is 8.42 Å². The molecule has 1 unspecified atom stereocenters. The second kappa shape index (κ2) is 8.47. The lowest BCUT2D eigenvalue weighted by Gasteiger charge is -2.35. The SMILES string of the molecule is CCN(CC)S(=O)(=O)c1ccc(C)c(NC(=S)N2CCCCC2C)c1. The predicted octanol–water partition coefficient (Wildman–Crippen LogP) is 3.60. The van der Waals surface area contributed by atoms with Gasteiger partial charge in [-0.05, 0) is 63.0 Å². The number of anilines is 1. The molecule has 1 saturated heterocycles. The average molecular weight is 384 g/mol. The van der Waals surface area contributed by atoms with Crippen molar-refractivity contribution in [3.8, 4) is 0 Å². The molecule has 0 bridgehead atoms. The highest BCUT2D eigenvalue weighted by molar-refractivity contribution is 7.89. The van der Waals surface area contributed by atoms with Gasteiger partial charge in [0.25, 0.3) is 0 Å². The molecule has 1 heterocycles. The van der Waals surface area contributed by atoms with Crippen molar-refractivity contribution in [2.75, 3.05) is 25.0 Å². The fourth-order valence-electron chi connectivity index (χ4n) is 3.20. The lowest BCUT2D eigenvalue weighted by atomic mass is 10.0. The highest BCUT2D eigenvalue weighted by Gasteiger charge is 2.24.